The zero-order chi connectivity index (χ0) is 11.2. The zero-order valence-corrected chi connectivity index (χ0v) is 9.41. The fourth-order valence-corrected chi connectivity index (χ4v) is 2.72. The Labute approximate surface area is 99.9 Å². The third kappa shape index (κ3) is 1.68. The number of benzene rings is 1. The Balaban J connectivity index is 1.43. The first kappa shape index (κ1) is 10.0. The fourth-order valence-electron chi connectivity index (χ4n) is 2.72. The van der Waals surface area contributed by atoms with Gasteiger partial charge in [0, 0.05) is 0 Å². The van der Waals surface area contributed by atoms with Crippen LogP contribution in [0.15, 0.2) is 30.3 Å². The van der Waals surface area contributed by atoms with E-state index in [-0.39, 0.29) is 18.5 Å². The summed E-state index contributed by atoms with van der Waals surface area (Å²) in [6, 6.07) is 11.0. The van der Waals surface area contributed by atoms with E-state index in [4.69, 9.17) is 14.2 Å². The molecule has 0 spiro atoms. The molecule has 0 amide bonds. The van der Waals surface area contributed by atoms with Crippen molar-refractivity contribution in [3.63, 3.8) is 0 Å². The van der Waals surface area contributed by atoms with Gasteiger partial charge in [-0.05, 0) is 5.56 Å². The fraction of sp³-hybridized carbons (Fsp3) is 0.538. The van der Waals surface area contributed by atoms with Crippen molar-refractivity contribution in [2.24, 2.45) is 0 Å². The first-order valence-electron chi connectivity index (χ1n) is 6.10. The summed E-state index contributed by atoms with van der Waals surface area (Å²) in [7, 11) is 0. The van der Waals surface area contributed by atoms with E-state index in [2.05, 4.69) is 17.4 Å². The number of hydrogen-bond acceptors (Lipinski definition) is 4. The van der Waals surface area contributed by atoms with Crippen LogP contribution in [-0.2, 0) is 20.8 Å². The van der Waals surface area contributed by atoms with Crippen LogP contribution in [-0.4, -0.2) is 37.2 Å². The molecular weight excluding hydrogens is 218 g/mol. The maximum absolute atomic E-state index is 5.99. The second-order valence-corrected chi connectivity index (χ2v) is 4.86. The summed E-state index contributed by atoms with van der Waals surface area (Å²) >= 11 is 0. The Morgan fingerprint density at radius 2 is 2.12 bits per heavy atom. The predicted molar refractivity (Wildman–Crippen MR) is 60.3 cm³/mol. The van der Waals surface area contributed by atoms with E-state index < -0.39 is 0 Å². The van der Waals surface area contributed by atoms with Crippen LogP contribution >= 0.6 is 0 Å². The van der Waals surface area contributed by atoms with Crippen molar-refractivity contribution in [3.8, 4) is 0 Å². The Bertz CT molecular complexity index is 410. The van der Waals surface area contributed by atoms with Gasteiger partial charge < -0.3 is 19.5 Å². The van der Waals surface area contributed by atoms with E-state index in [1.54, 1.807) is 0 Å². The summed E-state index contributed by atoms with van der Waals surface area (Å²) in [5.41, 5.74) is 1.20. The summed E-state index contributed by atoms with van der Waals surface area (Å²) < 4.78 is 17.3. The van der Waals surface area contributed by atoms with Crippen molar-refractivity contribution in [2.45, 2.75) is 37.2 Å². The molecule has 5 atom stereocenters. The van der Waals surface area contributed by atoms with Crippen molar-refractivity contribution in [1.82, 2.24) is 5.32 Å². The smallest absolute Gasteiger partial charge is 0.175 e. The number of nitrogens with one attached hydrogen (secondary N) is 1. The van der Waals surface area contributed by atoms with Crippen molar-refractivity contribution < 1.29 is 14.2 Å². The van der Waals surface area contributed by atoms with Crippen LogP contribution in [0.1, 0.15) is 5.56 Å². The van der Waals surface area contributed by atoms with Gasteiger partial charge in [0.15, 0.2) is 6.29 Å². The minimum Gasteiger partial charge on any atom is -0.369 e. The molecule has 1 aromatic rings. The minimum absolute atomic E-state index is 0.0402. The average molecular weight is 233 g/mol. The average Bonchev–Trinajstić information content (AvgIpc) is 3.05. The van der Waals surface area contributed by atoms with Crippen LogP contribution < -0.4 is 5.32 Å². The molecule has 3 aliphatic heterocycles. The van der Waals surface area contributed by atoms with Gasteiger partial charge in [0.2, 0.25) is 0 Å². The molecule has 0 radical (unpaired) electrons. The molecule has 0 aromatic heterocycles. The Hall–Kier alpha value is -0.940. The lowest BCUT2D eigenvalue weighted by Gasteiger charge is -2.25. The molecule has 90 valence electrons. The summed E-state index contributed by atoms with van der Waals surface area (Å²) in [6.45, 7) is 1.31. The van der Waals surface area contributed by atoms with E-state index in [9.17, 15) is 0 Å². The molecular formula is C13H15NO3. The number of ether oxygens (including phenoxy) is 3. The maximum atomic E-state index is 5.99. The van der Waals surface area contributed by atoms with E-state index in [1.807, 2.05) is 18.2 Å². The molecule has 4 nitrogen and oxygen atoms in total. The highest BCUT2D eigenvalue weighted by atomic mass is 16.7. The number of fused-ring (bicyclic) bond motifs is 4. The lowest BCUT2D eigenvalue weighted by Crippen LogP contribution is -2.41. The van der Waals surface area contributed by atoms with Crippen LogP contribution in [0, 0.1) is 0 Å². The zero-order valence-electron chi connectivity index (χ0n) is 9.41. The number of hydrogen-bond donors (Lipinski definition) is 1. The van der Waals surface area contributed by atoms with Gasteiger partial charge in [-0.3, -0.25) is 0 Å². The molecule has 3 aliphatic rings. The summed E-state index contributed by atoms with van der Waals surface area (Å²) in [6.07, 6.45) is 0.181. The van der Waals surface area contributed by atoms with Crippen molar-refractivity contribution in [2.75, 3.05) is 6.61 Å². The van der Waals surface area contributed by atoms with Gasteiger partial charge in [-0.25, -0.2) is 0 Å². The molecule has 4 rings (SSSR count). The van der Waals surface area contributed by atoms with Gasteiger partial charge in [0.1, 0.15) is 12.2 Å². The van der Waals surface area contributed by atoms with E-state index in [0.717, 1.165) is 0 Å². The first-order valence-corrected chi connectivity index (χ1v) is 6.10. The number of rotatable bonds is 3. The van der Waals surface area contributed by atoms with Gasteiger partial charge in [-0.15, -0.1) is 0 Å². The maximum Gasteiger partial charge on any atom is 0.175 e. The second-order valence-electron chi connectivity index (χ2n) is 4.86. The molecule has 3 heterocycles. The van der Waals surface area contributed by atoms with Crippen molar-refractivity contribution in [3.05, 3.63) is 35.9 Å². The normalized spacial score (nSPS) is 42.2. The highest BCUT2D eigenvalue weighted by molar-refractivity contribution is 5.15. The van der Waals surface area contributed by atoms with Crippen LogP contribution in [0.4, 0.5) is 0 Å². The third-order valence-corrected chi connectivity index (χ3v) is 3.70. The molecule has 2 bridgehead atoms. The van der Waals surface area contributed by atoms with Crippen LogP contribution in [0.3, 0.4) is 0 Å². The SMILES string of the molecule is c1ccc(CO[C@H]2[C@@H]3N[C@@H]3[C@H]3OC[C@H]2O3)cc1. The van der Waals surface area contributed by atoms with Gasteiger partial charge in [0.05, 0.1) is 25.3 Å². The Kier molecular flexibility index (Phi) is 2.23. The second kappa shape index (κ2) is 3.78. The predicted octanol–water partition coefficient (Wildman–Crippen LogP) is 0.667. The van der Waals surface area contributed by atoms with Gasteiger partial charge >= 0.3 is 0 Å². The topological polar surface area (TPSA) is 49.6 Å². The molecule has 0 unspecified atom stereocenters. The molecule has 0 saturated carbocycles. The minimum atomic E-state index is -0.0402. The molecule has 3 saturated heterocycles. The monoisotopic (exact) mass is 233 g/mol. The molecule has 3 fully saturated rings. The standard InChI is InChI=1S/C13H15NO3/c1-2-4-8(5-3-1)6-15-12-9-7-16-13(17-9)11-10(12)14-11/h1-5,9-14H,6-7H2/t9-,10-,11+,12-,13+/m1/s1. The lowest BCUT2D eigenvalue weighted by atomic mass is 10.1. The van der Waals surface area contributed by atoms with Crippen molar-refractivity contribution in [1.29, 1.82) is 0 Å². The summed E-state index contributed by atoms with van der Waals surface area (Å²) in [5.74, 6) is 0. The molecule has 17 heavy (non-hydrogen) atoms. The van der Waals surface area contributed by atoms with Crippen molar-refractivity contribution >= 4 is 0 Å². The summed E-state index contributed by atoms with van der Waals surface area (Å²) in [4.78, 5) is 0. The van der Waals surface area contributed by atoms with Crippen LogP contribution in [0.25, 0.3) is 0 Å². The van der Waals surface area contributed by atoms with E-state index >= 15 is 0 Å². The van der Waals surface area contributed by atoms with Crippen LogP contribution in [0.2, 0.25) is 0 Å². The third-order valence-electron chi connectivity index (χ3n) is 3.70. The first-order chi connectivity index (χ1) is 8.42. The van der Waals surface area contributed by atoms with E-state index in [1.165, 1.54) is 5.56 Å². The van der Waals surface area contributed by atoms with E-state index in [0.29, 0.717) is 25.3 Å². The quantitative estimate of drug-likeness (QED) is 0.779. The highest BCUT2D eigenvalue weighted by Crippen LogP contribution is 2.37. The largest absolute Gasteiger partial charge is 0.369 e. The summed E-state index contributed by atoms with van der Waals surface area (Å²) in [5, 5.41) is 3.37. The van der Waals surface area contributed by atoms with Gasteiger partial charge in [-0.2, -0.15) is 0 Å². The molecule has 1 aromatic carbocycles. The highest BCUT2D eigenvalue weighted by Gasteiger charge is 2.59. The lowest BCUT2D eigenvalue weighted by molar-refractivity contribution is -0.121. The Morgan fingerprint density at radius 3 is 3.00 bits per heavy atom. The van der Waals surface area contributed by atoms with Gasteiger partial charge in [-0.1, -0.05) is 30.3 Å². The Morgan fingerprint density at radius 1 is 1.24 bits per heavy atom. The molecule has 4 heteroatoms. The molecule has 0 aliphatic carbocycles. The van der Waals surface area contributed by atoms with Crippen LogP contribution in [0.5, 0.6) is 0 Å². The molecule has 1 N–H and O–H groups in total. The van der Waals surface area contributed by atoms with Gasteiger partial charge in [0.25, 0.3) is 0 Å².